The van der Waals surface area contributed by atoms with Crippen molar-refractivity contribution in [3.05, 3.63) is 60.1 Å². The molecule has 1 saturated carbocycles. The molecule has 2 aromatic rings. The van der Waals surface area contributed by atoms with Crippen LogP contribution in [0, 0.1) is 11.8 Å². The number of benzene rings is 1. The lowest BCUT2D eigenvalue weighted by Crippen LogP contribution is -2.48. The number of hydrogen-bond acceptors (Lipinski definition) is 3. The highest BCUT2D eigenvalue weighted by atomic mass is 16.3. The maximum atomic E-state index is 12.8. The summed E-state index contributed by atoms with van der Waals surface area (Å²) in [7, 11) is 0. The van der Waals surface area contributed by atoms with E-state index in [1.165, 1.54) is 30.9 Å². The third-order valence-corrected chi connectivity index (χ3v) is 5.41. The van der Waals surface area contributed by atoms with E-state index in [4.69, 9.17) is 4.42 Å². The fourth-order valence-electron chi connectivity index (χ4n) is 3.70. The zero-order valence-corrected chi connectivity index (χ0v) is 14.8. The Labute approximate surface area is 153 Å². The molecule has 2 unspecified atom stereocenters. The van der Waals surface area contributed by atoms with Gasteiger partial charge in [-0.25, -0.2) is 0 Å². The Morgan fingerprint density at radius 3 is 2.62 bits per heavy atom. The molecule has 5 nitrogen and oxygen atoms in total. The second-order valence-corrected chi connectivity index (χ2v) is 7.45. The maximum absolute atomic E-state index is 12.8. The van der Waals surface area contributed by atoms with E-state index in [0.717, 1.165) is 13.0 Å². The molecule has 26 heavy (non-hydrogen) atoms. The second-order valence-electron chi connectivity index (χ2n) is 7.45. The van der Waals surface area contributed by atoms with Crippen molar-refractivity contribution in [2.45, 2.75) is 25.2 Å². The van der Waals surface area contributed by atoms with Crippen molar-refractivity contribution in [1.29, 1.82) is 0 Å². The van der Waals surface area contributed by atoms with Crippen LogP contribution in [-0.2, 0) is 4.79 Å². The van der Waals surface area contributed by atoms with Gasteiger partial charge < -0.3 is 14.6 Å². The first-order valence-corrected chi connectivity index (χ1v) is 9.35. The standard InChI is InChI=1S/C21H24N2O3/c24-20(22-11-15-6-7-15)19-10-18(16-4-2-1-3-5-16)12-23(13-19)21(25)17-8-9-26-14-17/h1-5,8-9,14-15,18-19H,6-7,10-13H2,(H,22,24). The lowest BCUT2D eigenvalue weighted by Gasteiger charge is -2.37. The molecule has 2 atom stereocenters. The van der Waals surface area contributed by atoms with E-state index in [1.807, 2.05) is 18.2 Å². The lowest BCUT2D eigenvalue weighted by atomic mass is 9.84. The summed E-state index contributed by atoms with van der Waals surface area (Å²) in [5.41, 5.74) is 1.72. The van der Waals surface area contributed by atoms with E-state index < -0.39 is 0 Å². The Bertz CT molecular complexity index is 753. The number of furan rings is 1. The van der Waals surface area contributed by atoms with Crippen LogP contribution in [0.25, 0.3) is 0 Å². The van der Waals surface area contributed by atoms with Crippen LogP contribution in [0.2, 0.25) is 0 Å². The van der Waals surface area contributed by atoms with Gasteiger partial charge in [-0.1, -0.05) is 30.3 Å². The summed E-state index contributed by atoms with van der Waals surface area (Å²) >= 11 is 0. The van der Waals surface area contributed by atoms with Gasteiger partial charge in [-0.05, 0) is 36.8 Å². The molecule has 1 saturated heterocycles. The molecule has 4 rings (SSSR count). The summed E-state index contributed by atoms with van der Waals surface area (Å²) < 4.78 is 5.06. The van der Waals surface area contributed by atoms with Gasteiger partial charge in [0.15, 0.2) is 0 Å². The molecule has 2 amide bonds. The highest BCUT2D eigenvalue weighted by Gasteiger charge is 2.35. The van der Waals surface area contributed by atoms with E-state index >= 15 is 0 Å². The molecule has 1 aromatic carbocycles. The molecular weight excluding hydrogens is 328 g/mol. The fraction of sp³-hybridized carbons (Fsp3) is 0.429. The van der Waals surface area contributed by atoms with Crippen LogP contribution in [0.15, 0.2) is 53.3 Å². The van der Waals surface area contributed by atoms with Crippen molar-refractivity contribution >= 4 is 11.8 Å². The number of nitrogens with zero attached hydrogens (tertiary/aromatic N) is 1. The number of piperidine rings is 1. The summed E-state index contributed by atoms with van der Waals surface area (Å²) in [5.74, 6) is 0.638. The van der Waals surface area contributed by atoms with Crippen molar-refractivity contribution in [1.82, 2.24) is 10.2 Å². The highest BCUT2D eigenvalue weighted by Crippen LogP contribution is 2.32. The first kappa shape index (κ1) is 16.9. The molecule has 1 aliphatic heterocycles. The van der Waals surface area contributed by atoms with E-state index in [2.05, 4.69) is 17.4 Å². The average Bonchev–Trinajstić information content (AvgIpc) is 3.36. The lowest BCUT2D eigenvalue weighted by molar-refractivity contribution is -0.126. The molecule has 2 fully saturated rings. The first-order chi connectivity index (χ1) is 12.7. The van der Waals surface area contributed by atoms with Gasteiger partial charge in [-0.3, -0.25) is 9.59 Å². The molecule has 2 aliphatic rings. The van der Waals surface area contributed by atoms with Crippen LogP contribution >= 0.6 is 0 Å². The van der Waals surface area contributed by atoms with Gasteiger partial charge in [0.2, 0.25) is 5.91 Å². The quantitative estimate of drug-likeness (QED) is 0.900. The van der Waals surface area contributed by atoms with Crippen LogP contribution in [0.1, 0.15) is 41.1 Å². The van der Waals surface area contributed by atoms with Crippen molar-refractivity contribution in [2.75, 3.05) is 19.6 Å². The second kappa shape index (κ2) is 7.36. The van der Waals surface area contributed by atoms with Crippen LogP contribution < -0.4 is 5.32 Å². The number of carbonyl (C=O) groups is 2. The third-order valence-electron chi connectivity index (χ3n) is 5.41. The van der Waals surface area contributed by atoms with Crippen LogP contribution in [0.5, 0.6) is 0 Å². The monoisotopic (exact) mass is 352 g/mol. The molecule has 0 spiro atoms. The number of nitrogens with one attached hydrogen (secondary N) is 1. The molecule has 1 aliphatic carbocycles. The number of rotatable bonds is 5. The van der Waals surface area contributed by atoms with Gasteiger partial charge in [0.05, 0.1) is 17.7 Å². The predicted molar refractivity (Wildman–Crippen MR) is 97.6 cm³/mol. The number of hydrogen-bond donors (Lipinski definition) is 1. The Hall–Kier alpha value is -2.56. The Kier molecular flexibility index (Phi) is 4.78. The van der Waals surface area contributed by atoms with E-state index in [0.29, 0.717) is 24.6 Å². The summed E-state index contributed by atoms with van der Waals surface area (Å²) in [4.78, 5) is 27.3. The molecule has 5 heteroatoms. The fourth-order valence-corrected chi connectivity index (χ4v) is 3.70. The molecule has 1 aromatic heterocycles. The number of carbonyl (C=O) groups excluding carboxylic acids is 2. The minimum Gasteiger partial charge on any atom is -0.472 e. The van der Waals surface area contributed by atoms with Gasteiger partial charge in [0.1, 0.15) is 6.26 Å². The topological polar surface area (TPSA) is 62.6 Å². The van der Waals surface area contributed by atoms with Gasteiger partial charge >= 0.3 is 0 Å². The Balaban J connectivity index is 1.51. The van der Waals surface area contributed by atoms with Crippen molar-refractivity contribution < 1.29 is 14.0 Å². The SMILES string of the molecule is O=C(NCC1CC1)C1CC(c2ccccc2)CN(C(=O)c2ccoc2)C1. The highest BCUT2D eigenvalue weighted by molar-refractivity contribution is 5.94. The van der Waals surface area contributed by atoms with Crippen molar-refractivity contribution in [3.63, 3.8) is 0 Å². The summed E-state index contributed by atoms with van der Waals surface area (Å²) in [6.07, 6.45) is 6.17. The van der Waals surface area contributed by atoms with Gasteiger partial charge in [0.25, 0.3) is 5.91 Å². The molecular formula is C21H24N2O3. The van der Waals surface area contributed by atoms with Gasteiger partial charge in [-0.2, -0.15) is 0 Å². The molecule has 136 valence electrons. The molecule has 2 heterocycles. The van der Waals surface area contributed by atoms with Crippen molar-refractivity contribution in [3.8, 4) is 0 Å². The molecule has 0 bridgehead atoms. The number of likely N-dealkylation sites (tertiary alicyclic amines) is 1. The largest absolute Gasteiger partial charge is 0.472 e. The van der Waals surface area contributed by atoms with E-state index in [9.17, 15) is 9.59 Å². The molecule has 0 radical (unpaired) electrons. The Morgan fingerprint density at radius 1 is 1.12 bits per heavy atom. The summed E-state index contributed by atoms with van der Waals surface area (Å²) in [6, 6.07) is 11.8. The predicted octanol–water partition coefficient (Wildman–Crippen LogP) is 3.05. The normalized spacial score (nSPS) is 22.8. The Morgan fingerprint density at radius 2 is 1.92 bits per heavy atom. The van der Waals surface area contributed by atoms with Crippen LogP contribution in [-0.4, -0.2) is 36.3 Å². The van der Waals surface area contributed by atoms with Gasteiger partial charge in [0, 0.05) is 25.6 Å². The minimum atomic E-state index is -0.177. The van der Waals surface area contributed by atoms with Crippen LogP contribution in [0.3, 0.4) is 0 Å². The van der Waals surface area contributed by atoms with E-state index in [-0.39, 0.29) is 23.7 Å². The minimum absolute atomic E-state index is 0.0700. The zero-order chi connectivity index (χ0) is 17.9. The zero-order valence-electron chi connectivity index (χ0n) is 14.8. The molecule has 1 N–H and O–H groups in total. The average molecular weight is 352 g/mol. The smallest absolute Gasteiger partial charge is 0.257 e. The third kappa shape index (κ3) is 3.82. The summed E-state index contributed by atoms with van der Waals surface area (Å²) in [6.45, 7) is 1.85. The summed E-state index contributed by atoms with van der Waals surface area (Å²) in [5, 5.41) is 3.09. The number of amides is 2. The van der Waals surface area contributed by atoms with E-state index in [1.54, 1.807) is 11.0 Å². The van der Waals surface area contributed by atoms with Crippen molar-refractivity contribution in [2.24, 2.45) is 11.8 Å². The van der Waals surface area contributed by atoms with Crippen LogP contribution in [0.4, 0.5) is 0 Å². The first-order valence-electron chi connectivity index (χ1n) is 9.35. The maximum Gasteiger partial charge on any atom is 0.257 e. The van der Waals surface area contributed by atoms with Gasteiger partial charge in [-0.15, -0.1) is 0 Å².